The van der Waals surface area contributed by atoms with Gasteiger partial charge >= 0.3 is 0 Å². The molecule has 1 heterocycles. The maximum Gasteiger partial charge on any atom is 0.147 e. The molecule has 3 nitrogen and oxygen atoms in total. The summed E-state index contributed by atoms with van der Waals surface area (Å²) in [6.07, 6.45) is 0. The molecule has 0 aliphatic heterocycles. The number of halogens is 1. The number of nitrogens with zero attached hydrogens (tertiary/aromatic N) is 2. The van der Waals surface area contributed by atoms with Crippen LogP contribution in [0.3, 0.4) is 0 Å². The zero-order valence-electron chi connectivity index (χ0n) is 10.7. The van der Waals surface area contributed by atoms with Crippen LogP contribution in [0.2, 0.25) is 0 Å². The molecule has 0 saturated carbocycles. The maximum absolute atomic E-state index is 4.28. The Hall–Kier alpha value is -0.780. The first-order valence-electron chi connectivity index (χ1n) is 5.94. The van der Waals surface area contributed by atoms with Crippen molar-refractivity contribution in [3.8, 4) is 10.6 Å². The summed E-state index contributed by atoms with van der Waals surface area (Å²) < 4.78 is 1.08. The predicted molar refractivity (Wildman–Crippen MR) is 79.9 cm³/mol. The fourth-order valence-corrected chi connectivity index (χ4v) is 3.24. The molecule has 5 heteroatoms. The number of nitrogens with one attached hydrogen (secondary N) is 1. The molecule has 0 bridgehead atoms. The van der Waals surface area contributed by atoms with Crippen molar-refractivity contribution in [2.75, 3.05) is 6.54 Å². The van der Waals surface area contributed by atoms with Gasteiger partial charge in [-0.2, -0.15) is 0 Å². The Labute approximate surface area is 120 Å². The van der Waals surface area contributed by atoms with E-state index in [1.807, 2.05) is 0 Å². The van der Waals surface area contributed by atoms with Gasteiger partial charge in [-0.25, -0.2) is 0 Å². The Balaban J connectivity index is 2.29. The van der Waals surface area contributed by atoms with E-state index in [1.54, 1.807) is 11.3 Å². The first-order chi connectivity index (χ1) is 8.60. The summed E-state index contributed by atoms with van der Waals surface area (Å²) >= 11 is 5.16. The van der Waals surface area contributed by atoms with Crippen LogP contribution in [0, 0.1) is 6.92 Å². The lowest BCUT2D eigenvalue weighted by Crippen LogP contribution is -2.17. The Morgan fingerprint density at radius 3 is 2.78 bits per heavy atom. The van der Waals surface area contributed by atoms with Gasteiger partial charge in [0.2, 0.25) is 0 Å². The molecule has 0 aliphatic carbocycles. The van der Waals surface area contributed by atoms with Crippen LogP contribution in [0.15, 0.2) is 22.7 Å². The van der Waals surface area contributed by atoms with Crippen molar-refractivity contribution < 1.29 is 0 Å². The van der Waals surface area contributed by atoms with Gasteiger partial charge in [-0.3, -0.25) is 0 Å². The summed E-state index contributed by atoms with van der Waals surface area (Å²) in [4.78, 5) is 0. The number of hydrogen-bond donors (Lipinski definition) is 1. The van der Waals surface area contributed by atoms with E-state index >= 15 is 0 Å². The molecule has 0 radical (unpaired) electrons. The first kappa shape index (κ1) is 13.6. The lowest BCUT2D eigenvalue weighted by molar-refractivity contribution is 0.590. The van der Waals surface area contributed by atoms with Crippen LogP contribution in [0.1, 0.15) is 30.5 Å². The monoisotopic (exact) mass is 325 g/mol. The van der Waals surface area contributed by atoms with E-state index in [0.717, 1.165) is 26.6 Å². The Morgan fingerprint density at radius 2 is 2.11 bits per heavy atom. The van der Waals surface area contributed by atoms with Crippen molar-refractivity contribution in [1.29, 1.82) is 0 Å². The number of hydrogen-bond acceptors (Lipinski definition) is 4. The zero-order valence-corrected chi connectivity index (χ0v) is 13.1. The molecule has 0 aliphatic rings. The van der Waals surface area contributed by atoms with E-state index < -0.39 is 0 Å². The summed E-state index contributed by atoms with van der Waals surface area (Å²) in [7, 11) is 0. The molecule has 18 heavy (non-hydrogen) atoms. The number of aryl methyl sites for hydroxylation is 1. The van der Waals surface area contributed by atoms with E-state index in [4.69, 9.17) is 0 Å². The predicted octanol–water partition coefficient (Wildman–Crippen LogP) is 3.95. The molecule has 1 atom stereocenters. The minimum absolute atomic E-state index is 0.259. The van der Waals surface area contributed by atoms with Crippen LogP contribution in [-0.4, -0.2) is 16.7 Å². The van der Waals surface area contributed by atoms with Gasteiger partial charge in [0.05, 0.1) is 6.04 Å². The van der Waals surface area contributed by atoms with Crippen molar-refractivity contribution in [1.82, 2.24) is 15.5 Å². The zero-order chi connectivity index (χ0) is 13.1. The van der Waals surface area contributed by atoms with Crippen LogP contribution < -0.4 is 5.32 Å². The van der Waals surface area contributed by atoms with Crippen LogP contribution >= 0.6 is 27.3 Å². The van der Waals surface area contributed by atoms with Crippen LogP contribution in [0.25, 0.3) is 10.6 Å². The fraction of sp³-hybridized carbons (Fsp3) is 0.385. The van der Waals surface area contributed by atoms with Crippen molar-refractivity contribution in [2.24, 2.45) is 0 Å². The molecule has 1 N–H and O–H groups in total. The van der Waals surface area contributed by atoms with Crippen LogP contribution in [0.5, 0.6) is 0 Å². The standard InChI is InChI=1S/C13H16BrN3S/c1-4-15-9(3)12-16-17-13(18-12)10-5-8(2)6-11(14)7-10/h5-7,9,15H,4H2,1-3H3. The smallest absolute Gasteiger partial charge is 0.147 e. The van der Waals surface area contributed by atoms with E-state index in [9.17, 15) is 0 Å². The molecule has 1 aromatic carbocycles. The minimum Gasteiger partial charge on any atom is -0.308 e. The van der Waals surface area contributed by atoms with Gasteiger partial charge in [-0.15, -0.1) is 10.2 Å². The summed E-state index contributed by atoms with van der Waals surface area (Å²) in [6.45, 7) is 7.22. The van der Waals surface area contributed by atoms with Crippen LogP contribution in [0.4, 0.5) is 0 Å². The third-order valence-corrected chi connectivity index (χ3v) is 4.22. The molecule has 0 saturated heterocycles. The topological polar surface area (TPSA) is 37.8 Å². The van der Waals surface area contributed by atoms with Gasteiger partial charge in [0.15, 0.2) is 0 Å². The second-order valence-electron chi connectivity index (χ2n) is 4.24. The highest BCUT2D eigenvalue weighted by Crippen LogP contribution is 2.29. The fourth-order valence-electron chi connectivity index (χ4n) is 1.78. The number of aromatic nitrogens is 2. The third-order valence-electron chi connectivity index (χ3n) is 2.61. The number of rotatable bonds is 4. The average molecular weight is 326 g/mol. The Bertz CT molecular complexity index is 519. The second-order valence-corrected chi connectivity index (χ2v) is 6.17. The Kier molecular flexibility index (Phi) is 4.48. The summed E-state index contributed by atoms with van der Waals surface area (Å²) in [5.41, 5.74) is 2.34. The van der Waals surface area contributed by atoms with Crippen molar-refractivity contribution in [3.63, 3.8) is 0 Å². The second kappa shape index (κ2) is 5.91. The molecule has 1 aromatic heterocycles. The van der Waals surface area contributed by atoms with Crippen LogP contribution in [-0.2, 0) is 0 Å². The Morgan fingerprint density at radius 1 is 1.33 bits per heavy atom. The summed E-state index contributed by atoms with van der Waals surface area (Å²) in [6, 6.07) is 6.56. The normalized spacial score (nSPS) is 12.7. The van der Waals surface area contributed by atoms with Gasteiger partial charge < -0.3 is 5.32 Å². The van der Waals surface area contributed by atoms with Crippen molar-refractivity contribution in [3.05, 3.63) is 33.2 Å². The minimum atomic E-state index is 0.259. The molecular weight excluding hydrogens is 310 g/mol. The quantitative estimate of drug-likeness (QED) is 0.924. The van der Waals surface area contributed by atoms with Gasteiger partial charge in [-0.05, 0) is 44.2 Å². The molecule has 96 valence electrons. The highest BCUT2D eigenvalue weighted by Gasteiger charge is 2.12. The SMILES string of the molecule is CCNC(C)c1nnc(-c2cc(C)cc(Br)c2)s1. The average Bonchev–Trinajstić information content (AvgIpc) is 2.77. The maximum atomic E-state index is 4.28. The molecular formula is C13H16BrN3S. The van der Waals surface area contributed by atoms with Gasteiger partial charge in [0.25, 0.3) is 0 Å². The molecule has 0 fully saturated rings. The largest absolute Gasteiger partial charge is 0.308 e. The van der Waals surface area contributed by atoms with E-state index in [1.165, 1.54) is 5.56 Å². The first-order valence-corrected chi connectivity index (χ1v) is 7.55. The van der Waals surface area contributed by atoms with E-state index in [-0.39, 0.29) is 6.04 Å². The highest BCUT2D eigenvalue weighted by molar-refractivity contribution is 9.10. The summed E-state index contributed by atoms with van der Waals surface area (Å²) in [5.74, 6) is 0. The van der Waals surface area contributed by atoms with Crippen molar-refractivity contribution >= 4 is 27.3 Å². The molecule has 2 rings (SSSR count). The molecule has 1 unspecified atom stereocenters. The number of benzene rings is 1. The van der Waals surface area contributed by atoms with Gasteiger partial charge in [0, 0.05) is 10.0 Å². The van der Waals surface area contributed by atoms with Gasteiger partial charge in [-0.1, -0.05) is 34.2 Å². The summed E-state index contributed by atoms with van der Waals surface area (Å²) in [5, 5.41) is 13.9. The third kappa shape index (κ3) is 3.16. The van der Waals surface area contributed by atoms with E-state index in [2.05, 4.69) is 70.4 Å². The van der Waals surface area contributed by atoms with Crippen molar-refractivity contribution in [2.45, 2.75) is 26.8 Å². The van der Waals surface area contributed by atoms with Gasteiger partial charge in [0.1, 0.15) is 10.0 Å². The van der Waals surface area contributed by atoms with E-state index in [0.29, 0.717) is 0 Å². The molecule has 2 aromatic rings. The lowest BCUT2D eigenvalue weighted by Gasteiger charge is -2.06. The highest BCUT2D eigenvalue weighted by atomic mass is 79.9. The molecule has 0 amide bonds. The molecule has 0 spiro atoms. The lowest BCUT2D eigenvalue weighted by atomic mass is 10.1.